The quantitative estimate of drug-likeness (QED) is 0.805. The van der Waals surface area contributed by atoms with Crippen LogP contribution < -0.4 is 5.73 Å². The molecule has 18 heavy (non-hydrogen) atoms. The van der Waals surface area contributed by atoms with Gasteiger partial charge in [-0.2, -0.15) is 0 Å². The van der Waals surface area contributed by atoms with Crippen LogP contribution in [0.3, 0.4) is 0 Å². The first-order valence-corrected chi connectivity index (χ1v) is 7.38. The molecule has 0 heterocycles. The normalized spacial score (nSPS) is 12.2. The van der Waals surface area contributed by atoms with Gasteiger partial charge in [0.15, 0.2) is 0 Å². The van der Waals surface area contributed by atoms with Crippen LogP contribution in [0.2, 0.25) is 0 Å². The summed E-state index contributed by atoms with van der Waals surface area (Å²) in [6.07, 6.45) is 0. The van der Waals surface area contributed by atoms with E-state index in [9.17, 15) is 4.79 Å². The number of thioether (sulfide) groups is 1. The predicted octanol–water partition coefficient (Wildman–Crippen LogP) is 2.93. The molecule has 0 fully saturated rings. The highest BCUT2D eigenvalue weighted by atomic mass is 32.2. The maximum absolute atomic E-state index is 11.9. The molecule has 0 saturated heterocycles. The van der Waals surface area contributed by atoms with Crippen molar-refractivity contribution < 1.29 is 4.79 Å². The number of carbonyl (C=O) groups excluding carboxylic acids is 1. The van der Waals surface area contributed by atoms with Gasteiger partial charge in [0.05, 0.1) is 5.75 Å². The first-order chi connectivity index (χ1) is 8.58. The Morgan fingerprint density at radius 1 is 1.39 bits per heavy atom. The lowest BCUT2D eigenvalue weighted by atomic mass is 10.1. The molecule has 0 aliphatic carbocycles. The summed E-state index contributed by atoms with van der Waals surface area (Å²) in [7, 11) is 0. The van der Waals surface area contributed by atoms with Crippen LogP contribution in [0, 0.1) is 0 Å². The van der Waals surface area contributed by atoms with E-state index < -0.39 is 0 Å². The molecule has 1 amide bonds. The zero-order valence-corrected chi connectivity index (χ0v) is 12.2. The first kappa shape index (κ1) is 14.9. The number of anilines is 1. The molecule has 1 aromatic carbocycles. The van der Waals surface area contributed by atoms with Crippen LogP contribution in [-0.4, -0.2) is 29.6 Å². The zero-order valence-electron chi connectivity index (χ0n) is 11.3. The third-order valence-electron chi connectivity index (χ3n) is 2.95. The predicted molar refractivity (Wildman–Crippen MR) is 79.7 cm³/mol. The molecule has 3 nitrogen and oxygen atoms in total. The number of carbonyl (C=O) groups is 1. The summed E-state index contributed by atoms with van der Waals surface area (Å²) >= 11 is 1.66. The van der Waals surface area contributed by atoms with Gasteiger partial charge in [-0.1, -0.05) is 12.1 Å². The van der Waals surface area contributed by atoms with Crippen LogP contribution in [0.5, 0.6) is 0 Å². The van der Waals surface area contributed by atoms with Gasteiger partial charge >= 0.3 is 0 Å². The van der Waals surface area contributed by atoms with Crippen LogP contribution in [0.1, 0.15) is 31.6 Å². The average Bonchev–Trinajstić information content (AvgIpc) is 2.37. The number of benzene rings is 1. The molecule has 4 heteroatoms. The molecular weight excluding hydrogens is 244 g/mol. The van der Waals surface area contributed by atoms with Gasteiger partial charge in [0.2, 0.25) is 5.91 Å². The maximum atomic E-state index is 11.9. The Labute approximate surface area is 114 Å². The first-order valence-electron chi connectivity index (χ1n) is 6.33. The van der Waals surface area contributed by atoms with Crippen molar-refractivity contribution in [1.82, 2.24) is 4.90 Å². The summed E-state index contributed by atoms with van der Waals surface area (Å²) in [5.74, 6) is 0.734. The minimum absolute atomic E-state index is 0.209. The summed E-state index contributed by atoms with van der Waals surface area (Å²) < 4.78 is 0. The summed E-state index contributed by atoms with van der Waals surface area (Å²) in [6.45, 7) is 7.68. The fraction of sp³-hybridized carbons (Fsp3) is 0.500. The number of hydrogen-bond donors (Lipinski definition) is 1. The van der Waals surface area contributed by atoms with Crippen molar-refractivity contribution in [3.05, 3.63) is 29.8 Å². The van der Waals surface area contributed by atoms with E-state index in [-0.39, 0.29) is 11.2 Å². The highest BCUT2D eigenvalue weighted by molar-refractivity contribution is 8.00. The molecular formula is C14H22N2OS. The minimum Gasteiger partial charge on any atom is -0.399 e. The lowest BCUT2D eigenvalue weighted by Gasteiger charge is -2.19. The number of rotatable bonds is 6. The van der Waals surface area contributed by atoms with Crippen molar-refractivity contribution in [1.29, 1.82) is 0 Å². The molecule has 1 atom stereocenters. The number of nitrogen functional groups attached to an aromatic ring is 1. The Kier molecular flexibility index (Phi) is 6.05. The number of nitrogens with two attached hydrogens (primary N) is 1. The number of amides is 1. The topological polar surface area (TPSA) is 46.3 Å². The standard InChI is InChI=1S/C14H22N2OS/c1-4-16(5-2)14(17)10-18-11(3)12-7-6-8-13(15)9-12/h6-9,11H,4-5,10,15H2,1-3H3. The van der Waals surface area contributed by atoms with Crippen LogP contribution in [-0.2, 0) is 4.79 Å². The van der Waals surface area contributed by atoms with Gasteiger partial charge in [0, 0.05) is 24.0 Å². The van der Waals surface area contributed by atoms with Gasteiger partial charge in [-0.25, -0.2) is 0 Å². The fourth-order valence-corrected chi connectivity index (χ4v) is 2.69. The van der Waals surface area contributed by atoms with Crippen molar-refractivity contribution in [2.75, 3.05) is 24.6 Å². The second-order valence-corrected chi connectivity index (χ2v) is 5.52. The van der Waals surface area contributed by atoms with Crippen molar-refractivity contribution in [2.45, 2.75) is 26.0 Å². The zero-order chi connectivity index (χ0) is 13.5. The molecule has 100 valence electrons. The smallest absolute Gasteiger partial charge is 0.232 e. The summed E-state index contributed by atoms with van der Waals surface area (Å²) in [5.41, 5.74) is 7.71. The van der Waals surface area contributed by atoms with Gasteiger partial charge in [0.25, 0.3) is 0 Å². The number of hydrogen-bond acceptors (Lipinski definition) is 3. The van der Waals surface area contributed by atoms with Crippen molar-refractivity contribution in [2.24, 2.45) is 0 Å². The van der Waals surface area contributed by atoms with E-state index >= 15 is 0 Å². The second-order valence-electron chi connectivity index (χ2n) is 4.19. The molecule has 1 aromatic rings. The fourth-order valence-electron chi connectivity index (χ4n) is 1.77. The van der Waals surface area contributed by atoms with Gasteiger partial charge in [-0.05, 0) is 38.5 Å². The summed E-state index contributed by atoms with van der Waals surface area (Å²) in [6, 6.07) is 7.85. The Bertz CT molecular complexity index is 391. The molecule has 0 aromatic heterocycles. The third-order valence-corrected chi connectivity index (χ3v) is 4.14. The van der Waals surface area contributed by atoms with Crippen LogP contribution in [0.15, 0.2) is 24.3 Å². The molecule has 0 radical (unpaired) electrons. The summed E-state index contributed by atoms with van der Waals surface area (Å²) in [4.78, 5) is 13.7. The molecule has 1 rings (SSSR count). The highest BCUT2D eigenvalue weighted by Gasteiger charge is 2.13. The molecule has 0 bridgehead atoms. The monoisotopic (exact) mass is 266 g/mol. The highest BCUT2D eigenvalue weighted by Crippen LogP contribution is 2.29. The van der Waals surface area contributed by atoms with Gasteiger partial charge in [0.1, 0.15) is 0 Å². The molecule has 2 N–H and O–H groups in total. The van der Waals surface area contributed by atoms with Gasteiger partial charge in [-0.3, -0.25) is 4.79 Å². The third kappa shape index (κ3) is 4.26. The molecule has 0 aliphatic heterocycles. The Morgan fingerprint density at radius 3 is 2.61 bits per heavy atom. The molecule has 0 spiro atoms. The molecule has 1 unspecified atom stereocenters. The van der Waals surface area contributed by atoms with Crippen molar-refractivity contribution >= 4 is 23.4 Å². The van der Waals surface area contributed by atoms with Crippen molar-refractivity contribution in [3.8, 4) is 0 Å². The Morgan fingerprint density at radius 2 is 2.06 bits per heavy atom. The minimum atomic E-state index is 0.209. The Balaban J connectivity index is 2.51. The van der Waals surface area contributed by atoms with E-state index in [2.05, 4.69) is 13.0 Å². The summed E-state index contributed by atoms with van der Waals surface area (Å²) in [5, 5.41) is 0.285. The Hall–Kier alpha value is -1.16. The molecule has 0 aliphatic rings. The van der Waals surface area contributed by atoms with Gasteiger partial charge < -0.3 is 10.6 Å². The van der Waals surface area contributed by atoms with Crippen molar-refractivity contribution in [3.63, 3.8) is 0 Å². The lowest BCUT2D eigenvalue weighted by molar-refractivity contribution is -0.127. The average molecular weight is 266 g/mol. The second kappa shape index (κ2) is 7.31. The molecule has 0 saturated carbocycles. The van der Waals surface area contributed by atoms with E-state index in [0.717, 1.165) is 18.8 Å². The van der Waals surface area contributed by atoms with Gasteiger partial charge in [-0.15, -0.1) is 11.8 Å². The van der Waals surface area contributed by atoms with Crippen LogP contribution in [0.25, 0.3) is 0 Å². The van der Waals surface area contributed by atoms with Crippen LogP contribution in [0.4, 0.5) is 5.69 Å². The SMILES string of the molecule is CCN(CC)C(=O)CSC(C)c1cccc(N)c1. The van der Waals surface area contributed by atoms with E-state index in [1.165, 1.54) is 5.56 Å². The number of nitrogens with zero attached hydrogens (tertiary/aromatic N) is 1. The van der Waals surface area contributed by atoms with E-state index in [4.69, 9.17) is 5.73 Å². The lowest BCUT2D eigenvalue weighted by Crippen LogP contribution is -2.32. The maximum Gasteiger partial charge on any atom is 0.232 e. The van der Waals surface area contributed by atoms with E-state index in [1.807, 2.05) is 36.9 Å². The largest absolute Gasteiger partial charge is 0.399 e. The van der Waals surface area contributed by atoms with E-state index in [0.29, 0.717) is 5.75 Å². The van der Waals surface area contributed by atoms with E-state index in [1.54, 1.807) is 11.8 Å². The van der Waals surface area contributed by atoms with Crippen LogP contribution >= 0.6 is 11.8 Å².